The first kappa shape index (κ1) is 13.4. The van der Waals surface area contributed by atoms with Crippen molar-refractivity contribution in [3.8, 4) is 0 Å². The molecule has 1 fully saturated rings. The summed E-state index contributed by atoms with van der Waals surface area (Å²) in [5.74, 6) is -0.253. The first-order valence-electron chi connectivity index (χ1n) is 5.87. The number of aliphatic carboxylic acids is 1. The summed E-state index contributed by atoms with van der Waals surface area (Å²) in [7, 11) is 0. The quantitative estimate of drug-likeness (QED) is 0.547. The number of aliphatic hydroxyl groups excluding tert-OH is 1. The number of aliphatic hydroxyl groups is 1. The van der Waals surface area contributed by atoms with E-state index in [-0.39, 0.29) is 6.42 Å². The molecule has 1 heterocycles. The molecule has 0 aliphatic carbocycles. The highest BCUT2D eigenvalue weighted by molar-refractivity contribution is 5.67. The van der Waals surface area contributed by atoms with E-state index in [1.165, 1.54) is 0 Å². The van der Waals surface area contributed by atoms with Gasteiger partial charge in [-0.05, 0) is 31.7 Å². The summed E-state index contributed by atoms with van der Waals surface area (Å²) in [5, 5.41) is 20.8. The molecule has 0 radical (unpaired) electrons. The molecule has 5 nitrogen and oxygen atoms in total. The van der Waals surface area contributed by atoms with Crippen LogP contribution in [-0.4, -0.2) is 48.6 Å². The average Bonchev–Trinajstić information content (AvgIpc) is 2.25. The minimum atomic E-state index is -0.960. The molecule has 5 heteroatoms. The second-order valence-electron chi connectivity index (χ2n) is 4.30. The Labute approximate surface area is 95.8 Å². The Balaban J connectivity index is 1.96. The number of hydrogen-bond acceptors (Lipinski definition) is 4. The van der Waals surface area contributed by atoms with Gasteiger partial charge in [0.05, 0.1) is 12.5 Å². The lowest BCUT2D eigenvalue weighted by molar-refractivity contribution is -0.139. The highest BCUT2D eigenvalue weighted by Gasteiger charge is 2.13. The predicted molar refractivity (Wildman–Crippen MR) is 59.3 cm³/mol. The minimum absolute atomic E-state index is 0.190. The fraction of sp³-hybridized carbons (Fsp3) is 0.909. The number of carboxylic acid groups (broad SMARTS) is 1. The highest BCUT2D eigenvalue weighted by atomic mass is 16.5. The van der Waals surface area contributed by atoms with E-state index in [0.717, 1.165) is 39.0 Å². The van der Waals surface area contributed by atoms with Crippen LogP contribution >= 0.6 is 0 Å². The molecule has 0 spiro atoms. The van der Waals surface area contributed by atoms with E-state index >= 15 is 0 Å². The molecule has 16 heavy (non-hydrogen) atoms. The van der Waals surface area contributed by atoms with Crippen LogP contribution in [0.2, 0.25) is 0 Å². The van der Waals surface area contributed by atoms with E-state index in [2.05, 4.69) is 5.32 Å². The Morgan fingerprint density at radius 2 is 2.12 bits per heavy atom. The molecule has 0 amide bonds. The third-order valence-electron chi connectivity index (χ3n) is 2.86. The summed E-state index contributed by atoms with van der Waals surface area (Å²) < 4.78 is 5.26. The zero-order chi connectivity index (χ0) is 11.8. The Bertz CT molecular complexity index is 204. The molecule has 0 saturated carbocycles. The van der Waals surface area contributed by atoms with E-state index in [0.29, 0.717) is 12.5 Å². The van der Waals surface area contributed by atoms with E-state index in [1.807, 2.05) is 0 Å². The fourth-order valence-corrected chi connectivity index (χ4v) is 1.88. The largest absolute Gasteiger partial charge is 0.481 e. The van der Waals surface area contributed by atoms with Crippen LogP contribution in [-0.2, 0) is 9.53 Å². The lowest BCUT2D eigenvalue weighted by Crippen LogP contribution is -2.30. The second-order valence-corrected chi connectivity index (χ2v) is 4.30. The maximum Gasteiger partial charge on any atom is 0.306 e. The molecular weight excluding hydrogens is 210 g/mol. The standard InChI is InChI=1S/C11H21NO4/c13-10(7-11(14)15)8-12-4-1-9-2-5-16-6-3-9/h9-10,12-13H,1-8H2,(H,14,15). The second kappa shape index (κ2) is 7.60. The zero-order valence-electron chi connectivity index (χ0n) is 9.52. The van der Waals surface area contributed by atoms with Gasteiger partial charge in [-0.1, -0.05) is 0 Å². The molecule has 1 atom stereocenters. The van der Waals surface area contributed by atoms with Crippen molar-refractivity contribution in [3.63, 3.8) is 0 Å². The number of nitrogens with one attached hydrogen (secondary N) is 1. The van der Waals surface area contributed by atoms with Crippen molar-refractivity contribution in [3.05, 3.63) is 0 Å². The maximum absolute atomic E-state index is 10.3. The van der Waals surface area contributed by atoms with E-state index < -0.39 is 12.1 Å². The molecule has 3 N–H and O–H groups in total. The lowest BCUT2D eigenvalue weighted by atomic mass is 9.97. The third kappa shape index (κ3) is 6.05. The van der Waals surface area contributed by atoms with Gasteiger partial charge in [0.15, 0.2) is 0 Å². The van der Waals surface area contributed by atoms with Gasteiger partial charge in [-0.25, -0.2) is 0 Å². The van der Waals surface area contributed by atoms with Crippen LogP contribution in [0.3, 0.4) is 0 Å². The van der Waals surface area contributed by atoms with E-state index in [4.69, 9.17) is 9.84 Å². The van der Waals surface area contributed by atoms with Crippen molar-refractivity contribution in [1.82, 2.24) is 5.32 Å². The topological polar surface area (TPSA) is 78.8 Å². The van der Waals surface area contributed by atoms with Gasteiger partial charge in [-0.3, -0.25) is 4.79 Å². The van der Waals surface area contributed by atoms with Gasteiger partial charge >= 0.3 is 5.97 Å². The monoisotopic (exact) mass is 231 g/mol. The van der Waals surface area contributed by atoms with Gasteiger partial charge in [0.2, 0.25) is 0 Å². The van der Waals surface area contributed by atoms with Crippen LogP contribution in [0.5, 0.6) is 0 Å². The first-order chi connectivity index (χ1) is 7.68. The van der Waals surface area contributed by atoms with Crippen LogP contribution in [0.15, 0.2) is 0 Å². The number of ether oxygens (including phenoxy) is 1. The van der Waals surface area contributed by atoms with Gasteiger partial charge in [0, 0.05) is 19.8 Å². The summed E-state index contributed by atoms with van der Waals surface area (Å²) in [5.41, 5.74) is 0. The molecule has 0 aromatic heterocycles. The van der Waals surface area contributed by atoms with Crippen molar-refractivity contribution < 1.29 is 19.7 Å². The maximum atomic E-state index is 10.3. The molecule has 1 aliphatic rings. The van der Waals surface area contributed by atoms with Crippen LogP contribution in [0.1, 0.15) is 25.7 Å². The Hall–Kier alpha value is -0.650. The van der Waals surface area contributed by atoms with Gasteiger partial charge in [0.25, 0.3) is 0 Å². The van der Waals surface area contributed by atoms with E-state index in [9.17, 15) is 9.90 Å². The Morgan fingerprint density at radius 1 is 1.44 bits per heavy atom. The summed E-state index contributed by atoms with van der Waals surface area (Å²) in [6, 6.07) is 0. The molecule has 1 rings (SSSR count). The van der Waals surface area contributed by atoms with Crippen molar-refractivity contribution in [2.45, 2.75) is 31.8 Å². The van der Waals surface area contributed by atoms with Crippen molar-refractivity contribution in [2.24, 2.45) is 5.92 Å². The SMILES string of the molecule is O=C(O)CC(O)CNCCC1CCOCC1. The Kier molecular flexibility index (Phi) is 6.37. The van der Waals surface area contributed by atoms with Crippen LogP contribution in [0, 0.1) is 5.92 Å². The summed E-state index contributed by atoms with van der Waals surface area (Å²) in [4.78, 5) is 10.3. The van der Waals surface area contributed by atoms with Gasteiger partial charge in [-0.2, -0.15) is 0 Å². The lowest BCUT2D eigenvalue weighted by Gasteiger charge is -2.22. The normalized spacial score (nSPS) is 19.6. The van der Waals surface area contributed by atoms with Gasteiger partial charge < -0.3 is 20.3 Å². The number of rotatable bonds is 7. The van der Waals surface area contributed by atoms with Crippen molar-refractivity contribution in [2.75, 3.05) is 26.3 Å². The molecular formula is C11H21NO4. The van der Waals surface area contributed by atoms with Crippen molar-refractivity contribution >= 4 is 5.97 Å². The van der Waals surface area contributed by atoms with Crippen molar-refractivity contribution in [1.29, 1.82) is 0 Å². The number of carboxylic acids is 1. The van der Waals surface area contributed by atoms with E-state index in [1.54, 1.807) is 0 Å². The summed E-state index contributed by atoms with van der Waals surface area (Å²) >= 11 is 0. The zero-order valence-corrected chi connectivity index (χ0v) is 9.52. The minimum Gasteiger partial charge on any atom is -0.481 e. The fourth-order valence-electron chi connectivity index (χ4n) is 1.88. The first-order valence-corrected chi connectivity index (χ1v) is 5.87. The number of hydrogen-bond donors (Lipinski definition) is 3. The number of carbonyl (C=O) groups is 1. The van der Waals surface area contributed by atoms with Gasteiger partial charge in [-0.15, -0.1) is 0 Å². The molecule has 1 saturated heterocycles. The summed E-state index contributed by atoms with van der Waals surface area (Å²) in [6.45, 7) is 2.90. The molecule has 0 aromatic carbocycles. The Morgan fingerprint density at radius 3 is 2.75 bits per heavy atom. The van der Waals surface area contributed by atoms with Crippen LogP contribution < -0.4 is 5.32 Å². The predicted octanol–water partition coefficient (Wildman–Crippen LogP) is 0.228. The van der Waals surface area contributed by atoms with Crippen LogP contribution in [0.25, 0.3) is 0 Å². The highest BCUT2D eigenvalue weighted by Crippen LogP contribution is 2.17. The van der Waals surface area contributed by atoms with Gasteiger partial charge in [0.1, 0.15) is 0 Å². The molecule has 0 bridgehead atoms. The molecule has 1 unspecified atom stereocenters. The van der Waals surface area contributed by atoms with Crippen LogP contribution in [0.4, 0.5) is 0 Å². The molecule has 0 aromatic rings. The molecule has 94 valence electrons. The summed E-state index contributed by atoms with van der Waals surface area (Å²) in [6.07, 6.45) is 2.32. The molecule has 1 aliphatic heterocycles. The smallest absolute Gasteiger partial charge is 0.306 e. The third-order valence-corrected chi connectivity index (χ3v) is 2.86. The average molecular weight is 231 g/mol.